The van der Waals surface area contributed by atoms with Gasteiger partial charge in [-0.3, -0.25) is 4.99 Å². The van der Waals surface area contributed by atoms with Gasteiger partial charge in [-0.15, -0.1) is 0 Å². The third kappa shape index (κ3) is 3.24. The van der Waals surface area contributed by atoms with Crippen molar-refractivity contribution in [3.05, 3.63) is 34.9 Å². The fraction of sp³-hybridized carbons (Fsp3) is 0.417. The first-order valence-corrected chi connectivity index (χ1v) is 5.63. The Kier molecular flexibility index (Phi) is 3.62. The van der Waals surface area contributed by atoms with Crippen LogP contribution in [0.1, 0.15) is 18.4 Å². The van der Waals surface area contributed by atoms with Crippen molar-refractivity contribution in [2.24, 2.45) is 4.99 Å². The molecule has 0 unspecified atom stereocenters. The van der Waals surface area contributed by atoms with Crippen LogP contribution in [0.4, 0.5) is 0 Å². The second-order valence-corrected chi connectivity index (χ2v) is 4.04. The van der Waals surface area contributed by atoms with Gasteiger partial charge in [-0.2, -0.15) is 0 Å². The number of aliphatic imine (C=N–C) groups is 1. The fourth-order valence-electron chi connectivity index (χ4n) is 1.63. The SMILES string of the molecule is Clc1ccc(CCCC2=NCCO2)cc1. The number of hydrogen-bond donors (Lipinski definition) is 0. The summed E-state index contributed by atoms with van der Waals surface area (Å²) in [5.74, 6) is 0.920. The molecule has 1 aromatic rings. The second kappa shape index (κ2) is 5.17. The van der Waals surface area contributed by atoms with Crippen molar-refractivity contribution in [2.45, 2.75) is 19.3 Å². The highest BCUT2D eigenvalue weighted by Crippen LogP contribution is 2.12. The molecule has 1 heterocycles. The van der Waals surface area contributed by atoms with Gasteiger partial charge in [0.25, 0.3) is 0 Å². The maximum absolute atomic E-state index is 5.81. The van der Waals surface area contributed by atoms with Crippen LogP contribution in [0.15, 0.2) is 29.3 Å². The van der Waals surface area contributed by atoms with Crippen molar-refractivity contribution in [1.82, 2.24) is 0 Å². The fourth-order valence-corrected chi connectivity index (χ4v) is 1.75. The Balaban J connectivity index is 1.75. The topological polar surface area (TPSA) is 21.6 Å². The smallest absolute Gasteiger partial charge is 0.183 e. The highest BCUT2D eigenvalue weighted by atomic mass is 35.5. The number of rotatable bonds is 4. The monoisotopic (exact) mass is 223 g/mol. The first kappa shape index (κ1) is 10.5. The Morgan fingerprint density at radius 2 is 2.00 bits per heavy atom. The number of hydrogen-bond acceptors (Lipinski definition) is 2. The zero-order valence-electron chi connectivity index (χ0n) is 8.58. The maximum atomic E-state index is 5.81. The van der Waals surface area contributed by atoms with E-state index in [2.05, 4.69) is 17.1 Å². The van der Waals surface area contributed by atoms with Gasteiger partial charge >= 0.3 is 0 Å². The predicted octanol–water partition coefficient (Wildman–Crippen LogP) is 3.09. The highest BCUT2D eigenvalue weighted by Gasteiger charge is 2.06. The van der Waals surface area contributed by atoms with Gasteiger partial charge < -0.3 is 4.74 Å². The Labute approximate surface area is 94.9 Å². The van der Waals surface area contributed by atoms with Crippen LogP contribution in [0.5, 0.6) is 0 Å². The largest absolute Gasteiger partial charge is 0.479 e. The van der Waals surface area contributed by atoms with Gasteiger partial charge in [0.15, 0.2) is 5.90 Å². The van der Waals surface area contributed by atoms with Crippen LogP contribution >= 0.6 is 11.6 Å². The Bertz CT molecular complexity index is 345. The minimum atomic E-state index is 0.760. The molecule has 0 saturated heterocycles. The molecule has 0 fully saturated rings. The summed E-state index contributed by atoms with van der Waals surface area (Å²) in [7, 11) is 0. The lowest BCUT2D eigenvalue weighted by molar-refractivity contribution is 0.337. The number of benzene rings is 1. The van der Waals surface area contributed by atoms with Crippen LogP contribution < -0.4 is 0 Å². The standard InChI is InChI=1S/C12H14ClNO/c13-11-6-4-10(5-7-11)2-1-3-12-14-8-9-15-12/h4-7H,1-3,8-9H2. The summed E-state index contributed by atoms with van der Waals surface area (Å²) >= 11 is 5.81. The summed E-state index contributed by atoms with van der Waals surface area (Å²) in [5.41, 5.74) is 1.32. The Hall–Kier alpha value is -1.02. The van der Waals surface area contributed by atoms with Crippen LogP contribution in [0.2, 0.25) is 5.02 Å². The van der Waals surface area contributed by atoms with E-state index >= 15 is 0 Å². The van der Waals surface area contributed by atoms with Crippen molar-refractivity contribution in [2.75, 3.05) is 13.2 Å². The molecule has 0 saturated carbocycles. The zero-order valence-corrected chi connectivity index (χ0v) is 9.33. The molecule has 0 aromatic heterocycles. The molecule has 0 N–H and O–H groups in total. The summed E-state index contributed by atoms with van der Waals surface area (Å²) in [5, 5.41) is 0.794. The van der Waals surface area contributed by atoms with Crippen LogP contribution in [0, 0.1) is 0 Å². The molecule has 0 aliphatic carbocycles. The molecular formula is C12H14ClNO. The molecule has 0 bridgehead atoms. The van der Waals surface area contributed by atoms with Crippen LogP contribution in [0.3, 0.4) is 0 Å². The molecule has 0 spiro atoms. The summed E-state index contributed by atoms with van der Waals surface area (Å²) in [6.07, 6.45) is 3.09. The molecule has 1 aliphatic heterocycles. The molecule has 1 aromatic carbocycles. The van der Waals surface area contributed by atoms with Crippen molar-refractivity contribution in [3.63, 3.8) is 0 Å². The van der Waals surface area contributed by atoms with E-state index in [0.717, 1.165) is 43.3 Å². The van der Waals surface area contributed by atoms with Gasteiger partial charge in [-0.05, 0) is 30.5 Å². The van der Waals surface area contributed by atoms with E-state index in [-0.39, 0.29) is 0 Å². The summed E-state index contributed by atoms with van der Waals surface area (Å²) in [6, 6.07) is 8.00. The molecule has 2 nitrogen and oxygen atoms in total. The van der Waals surface area contributed by atoms with Gasteiger partial charge in [0, 0.05) is 11.4 Å². The number of halogens is 1. The third-order valence-corrected chi connectivity index (χ3v) is 2.67. The maximum Gasteiger partial charge on any atom is 0.183 e. The third-order valence-electron chi connectivity index (χ3n) is 2.42. The molecule has 3 heteroatoms. The van der Waals surface area contributed by atoms with E-state index in [1.807, 2.05) is 12.1 Å². The Morgan fingerprint density at radius 3 is 2.67 bits per heavy atom. The van der Waals surface area contributed by atoms with Crippen molar-refractivity contribution >= 4 is 17.5 Å². The van der Waals surface area contributed by atoms with Crippen molar-refractivity contribution < 1.29 is 4.74 Å². The summed E-state index contributed by atoms with van der Waals surface area (Å²) in [4.78, 5) is 4.25. The van der Waals surface area contributed by atoms with E-state index in [4.69, 9.17) is 16.3 Å². The average molecular weight is 224 g/mol. The summed E-state index contributed by atoms with van der Waals surface area (Å²) < 4.78 is 5.34. The van der Waals surface area contributed by atoms with Gasteiger partial charge in [0.05, 0.1) is 6.54 Å². The molecule has 0 atom stereocenters. The lowest BCUT2D eigenvalue weighted by Gasteiger charge is -2.02. The minimum Gasteiger partial charge on any atom is -0.479 e. The van der Waals surface area contributed by atoms with E-state index in [0.29, 0.717) is 0 Å². The Morgan fingerprint density at radius 1 is 1.20 bits per heavy atom. The molecular weight excluding hydrogens is 210 g/mol. The molecule has 15 heavy (non-hydrogen) atoms. The molecule has 1 aliphatic rings. The predicted molar refractivity (Wildman–Crippen MR) is 62.6 cm³/mol. The normalized spacial score (nSPS) is 14.9. The van der Waals surface area contributed by atoms with Gasteiger partial charge in [-0.25, -0.2) is 0 Å². The van der Waals surface area contributed by atoms with Crippen LogP contribution in [-0.4, -0.2) is 19.0 Å². The van der Waals surface area contributed by atoms with Crippen LogP contribution in [-0.2, 0) is 11.2 Å². The van der Waals surface area contributed by atoms with E-state index in [9.17, 15) is 0 Å². The molecule has 0 amide bonds. The quantitative estimate of drug-likeness (QED) is 0.769. The van der Waals surface area contributed by atoms with Crippen molar-refractivity contribution in [3.8, 4) is 0 Å². The van der Waals surface area contributed by atoms with E-state index < -0.39 is 0 Å². The average Bonchev–Trinajstić information content (AvgIpc) is 2.74. The van der Waals surface area contributed by atoms with Gasteiger partial charge in [0.1, 0.15) is 6.61 Å². The second-order valence-electron chi connectivity index (χ2n) is 3.60. The van der Waals surface area contributed by atoms with Crippen molar-refractivity contribution in [1.29, 1.82) is 0 Å². The summed E-state index contributed by atoms with van der Waals surface area (Å²) in [6.45, 7) is 1.59. The molecule has 80 valence electrons. The lowest BCUT2D eigenvalue weighted by atomic mass is 10.1. The lowest BCUT2D eigenvalue weighted by Crippen LogP contribution is -1.99. The molecule has 2 rings (SSSR count). The minimum absolute atomic E-state index is 0.760. The first-order chi connectivity index (χ1) is 7.34. The zero-order chi connectivity index (χ0) is 10.5. The number of nitrogens with zero attached hydrogens (tertiary/aromatic N) is 1. The number of aryl methyl sites for hydroxylation is 1. The molecule has 0 radical (unpaired) electrons. The van der Waals surface area contributed by atoms with Crippen LogP contribution in [0.25, 0.3) is 0 Å². The van der Waals surface area contributed by atoms with E-state index in [1.165, 1.54) is 5.56 Å². The van der Waals surface area contributed by atoms with Gasteiger partial charge in [-0.1, -0.05) is 23.7 Å². The van der Waals surface area contributed by atoms with E-state index in [1.54, 1.807) is 0 Å². The number of ether oxygens (including phenoxy) is 1. The van der Waals surface area contributed by atoms with Gasteiger partial charge in [0.2, 0.25) is 0 Å². The first-order valence-electron chi connectivity index (χ1n) is 5.25. The highest BCUT2D eigenvalue weighted by molar-refractivity contribution is 6.30.